The van der Waals surface area contributed by atoms with Gasteiger partial charge in [-0.2, -0.15) is 0 Å². The van der Waals surface area contributed by atoms with Crippen molar-refractivity contribution in [3.05, 3.63) is 66.9 Å². The van der Waals surface area contributed by atoms with Crippen LogP contribution in [-0.4, -0.2) is 0 Å². The molecule has 2 aromatic carbocycles. The number of hydrogen-bond acceptors (Lipinski definition) is 3. The molecule has 0 radical (unpaired) electrons. The van der Waals surface area contributed by atoms with E-state index < -0.39 is 5.63 Å². The largest absolute Gasteiger partial charge is 0.453 e. The molecule has 3 rings (SSSR count). The fourth-order valence-corrected chi connectivity index (χ4v) is 3.00. The summed E-state index contributed by atoms with van der Waals surface area (Å²) in [6, 6.07) is 9.09. The molecule has 0 fully saturated rings. The molecule has 0 saturated heterocycles. The Labute approximate surface area is 144 Å². The summed E-state index contributed by atoms with van der Waals surface area (Å²) in [4.78, 5) is 11.7. The van der Waals surface area contributed by atoms with Crippen molar-refractivity contribution < 1.29 is 9.15 Å². The molecular weight excluding hydrogens is 370 g/mol. The molecule has 7 heteroatoms. The van der Waals surface area contributed by atoms with E-state index in [4.69, 9.17) is 55.6 Å². The SMILES string of the molecule is O=c1cc(Oc2c(Cl)cccc2Cl)c2c(Cl)cc(Cl)cc2o1. The first-order valence-electron chi connectivity index (χ1n) is 6.00. The number of fused-ring (bicyclic) bond motifs is 1. The third-order valence-electron chi connectivity index (χ3n) is 2.86. The molecule has 0 atom stereocenters. The van der Waals surface area contributed by atoms with E-state index in [0.717, 1.165) is 0 Å². The van der Waals surface area contributed by atoms with Crippen molar-refractivity contribution in [2.45, 2.75) is 0 Å². The number of halogens is 4. The molecule has 22 heavy (non-hydrogen) atoms. The summed E-state index contributed by atoms with van der Waals surface area (Å²) in [5.41, 5.74) is -0.396. The van der Waals surface area contributed by atoms with Crippen molar-refractivity contribution in [2.24, 2.45) is 0 Å². The zero-order valence-corrected chi connectivity index (χ0v) is 13.7. The molecule has 3 nitrogen and oxygen atoms in total. The first kappa shape index (κ1) is 15.5. The Bertz CT molecular complexity index is 914. The van der Waals surface area contributed by atoms with Crippen LogP contribution in [-0.2, 0) is 0 Å². The van der Waals surface area contributed by atoms with Gasteiger partial charge in [-0.3, -0.25) is 0 Å². The topological polar surface area (TPSA) is 39.4 Å². The third kappa shape index (κ3) is 2.90. The number of benzene rings is 2. The monoisotopic (exact) mass is 374 g/mol. The molecular formula is C15H6Cl4O3. The van der Waals surface area contributed by atoms with Crippen LogP contribution in [0, 0.1) is 0 Å². The van der Waals surface area contributed by atoms with Gasteiger partial charge in [0.25, 0.3) is 0 Å². The maximum absolute atomic E-state index is 11.7. The van der Waals surface area contributed by atoms with E-state index in [2.05, 4.69) is 0 Å². The zero-order valence-electron chi connectivity index (χ0n) is 10.7. The second kappa shape index (κ2) is 6.01. The van der Waals surface area contributed by atoms with Gasteiger partial charge in [0, 0.05) is 11.1 Å². The van der Waals surface area contributed by atoms with Crippen LogP contribution in [0.3, 0.4) is 0 Å². The quantitative estimate of drug-likeness (QED) is 0.500. The first-order valence-corrected chi connectivity index (χ1v) is 7.51. The van der Waals surface area contributed by atoms with Crippen LogP contribution in [0.5, 0.6) is 11.5 Å². The average Bonchev–Trinajstić information content (AvgIpc) is 2.41. The lowest BCUT2D eigenvalue weighted by molar-refractivity contribution is 0.475. The number of para-hydroxylation sites is 1. The van der Waals surface area contributed by atoms with E-state index in [9.17, 15) is 4.79 Å². The van der Waals surface area contributed by atoms with E-state index in [1.54, 1.807) is 18.2 Å². The highest BCUT2D eigenvalue weighted by molar-refractivity contribution is 6.39. The lowest BCUT2D eigenvalue weighted by Gasteiger charge is -2.11. The minimum absolute atomic E-state index is 0.183. The maximum atomic E-state index is 11.7. The highest BCUT2D eigenvalue weighted by Gasteiger charge is 2.15. The smallest absolute Gasteiger partial charge is 0.339 e. The Morgan fingerprint density at radius 3 is 2.27 bits per heavy atom. The van der Waals surface area contributed by atoms with E-state index in [0.29, 0.717) is 20.5 Å². The van der Waals surface area contributed by atoms with Crippen LogP contribution in [0.1, 0.15) is 0 Å². The van der Waals surface area contributed by atoms with E-state index in [-0.39, 0.29) is 22.1 Å². The van der Waals surface area contributed by atoms with Crippen LogP contribution in [0.15, 0.2) is 45.6 Å². The van der Waals surface area contributed by atoms with Gasteiger partial charge in [0.2, 0.25) is 0 Å². The van der Waals surface area contributed by atoms with Crippen molar-refractivity contribution in [3.8, 4) is 11.5 Å². The van der Waals surface area contributed by atoms with Gasteiger partial charge in [0.1, 0.15) is 11.3 Å². The zero-order chi connectivity index (χ0) is 15.9. The molecule has 0 aliphatic heterocycles. The molecule has 0 amide bonds. The number of hydrogen-bond donors (Lipinski definition) is 0. The molecule has 112 valence electrons. The Balaban J connectivity index is 2.25. The van der Waals surface area contributed by atoms with Gasteiger partial charge in [0.15, 0.2) is 5.75 Å². The van der Waals surface area contributed by atoms with E-state index in [1.807, 2.05) is 0 Å². The average molecular weight is 376 g/mol. The van der Waals surface area contributed by atoms with Crippen LogP contribution >= 0.6 is 46.4 Å². The third-order valence-corrected chi connectivity index (χ3v) is 3.97. The van der Waals surface area contributed by atoms with Crippen molar-refractivity contribution in [2.75, 3.05) is 0 Å². The molecule has 0 unspecified atom stereocenters. The van der Waals surface area contributed by atoms with Crippen molar-refractivity contribution in [1.29, 1.82) is 0 Å². The fraction of sp³-hybridized carbons (Fsp3) is 0. The highest BCUT2D eigenvalue weighted by Crippen LogP contribution is 2.40. The van der Waals surface area contributed by atoms with Crippen molar-refractivity contribution in [1.82, 2.24) is 0 Å². The van der Waals surface area contributed by atoms with E-state index >= 15 is 0 Å². The molecule has 0 saturated carbocycles. The van der Waals surface area contributed by atoms with E-state index in [1.165, 1.54) is 18.2 Å². The minimum atomic E-state index is -0.607. The van der Waals surface area contributed by atoms with Gasteiger partial charge < -0.3 is 9.15 Å². The van der Waals surface area contributed by atoms with Crippen LogP contribution in [0.2, 0.25) is 20.1 Å². The van der Waals surface area contributed by atoms with Crippen molar-refractivity contribution in [3.63, 3.8) is 0 Å². The summed E-state index contributed by atoms with van der Waals surface area (Å²) in [7, 11) is 0. The van der Waals surface area contributed by atoms with Gasteiger partial charge in [0.05, 0.1) is 26.5 Å². The van der Waals surface area contributed by atoms with Gasteiger partial charge in [-0.15, -0.1) is 0 Å². The van der Waals surface area contributed by atoms with Gasteiger partial charge in [-0.25, -0.2) is 4.79 Å². The van der Waals surface area contributed by atoms with Crippen LogP contribution in [0.25, 0.3) is 11.0 Å². The lowest BCUT2D eigenvalue weighted by atomic mass is 10.2. The van der Waals surface area contributed by atoms with Gasteiger partial charge >= 0.3 is 5.63 Å². The lowest BCUT2D eigenvalue weighted by Crippen LogP contribution is -1.99. The molecule has 0 bridgehead atoms. The van der Waals surface area contributed by atoms with Gasteiger partial charge in [-0.1, -0.05) is 52.5 Å². The highest BCUT2D eigenvalue weighted by atomic mass is 35.5. The maximum Gasteiger partial charge on any atom is 0.339 e. The number of ether oxygens (including phenoxy) is 1. The summed E-state index contributed by atoms with van der Waals surface area (Å²) in [5, 5.41) is 1.64. The molecule has 1 heterocycles. The first-order chi connectivity index (χ1) is 10.5. The Morgan fingerprint density at radius 1 is 0.909 bits per heavy atom. The molecule has 3 aromatic rings. The minimum Gasteiger partial charge on any atom is -0.453 e. The summed E-state index contributed by atoms with van der Waals surface area (Å²) in [6.45, 7) is 0. The fourth-order valence-electron chi connectivity index (χ4n) is 1.96. The second-order valence-corrected chi connectivity index (χ2v) is 6.00. The predicted octanol–water partition coefficient (Wildman–Crippen LogP) is 6.20. The molecule has 0 aliphatic carbocycles. The Kier molecular flexibility index (Phi) is 4.24. The summed E-state index contributed by atoms with van der Waals surface area (Å²) >= 11 is 24.2. The van der Waals surface area contributed by atoms with Gasteiger partial charge in [-0.05, 0) is 18.2 Å². The Morgan fingerprint density at radius 2 is 1.59 bits per heavy atom. The van der Waals surface area contributed by atoms with Crippen LogP contribution < -0.4 is 10.4 Å². The molecule has 1 aromatic heterocycles. The summed E-state index contributed by atoms with van der Waals surface area (Å²) in [6.07, 6.45) is 0. The van der Waals surface area contributed by atoms with Crippen LogP contribution in [0.4, 0.5) is 0 Å². The summed E-state index contributed by atoms with van der Waals surface area (Å²) < 4.78 is 10.8. The summed E-state index contributed by atoms with van der Waals surface area (Å²) in [5.74, 6) is 0.409. The predicted molar refractivity (Wildman–Crippen MR) is 89.0 cm³/mol. The Hall–Kier alpha value is -1.39. The standard InChI is InChI=1S/C15H6Cl4O3/c16-7-4-10(19)14-11(5-7)21-13(20)6-12(14)22-15-8(17)2-1-3-9(15)18/h1-6H. The molecule has 0 N–H and O–H groups in total. The second-order valence-electron chi connectivity index (χ2n) is 4.34. The molecule has 0 aliphatic rings. The molecule has 0 spiro atoms. The normalized spacial score (nSPS) is 10.9. The number of rotatable bonds is 2. The van der Waals surface area contributed by atoms with Crippen molar-refractivity contribution >= 4 is 57.4 Å².